The van der Waals surface area contributed by atoms with Crippen molar-refractivity contribution in [1.29, 1.82) is 0 Å². The summed E-state index contributed by atoms with van der Waals surface area (Å²) in [6, 6.07) is 5.51. The average Bonchev–Trinajstić information content (AvgIpc) is 2.27. The molecule has 3 N–H and O–H groups in total. The van der Waals surface area contributed by atoms with Crippen LogP contribution in [0.25, 0.3) is 0 Å². The molecule has 1 aromatic carbocycles. The first-order chi connectivity index (χ1) is 8.79. The number of phenolic OH excluding ortho intramolecular Hbond substituents is 1. The molecule has 0 aliphatic carbocycles. The Bertz CT molecular complexity index is 442. The van der Waals surface area contributed by atoms with Gasteiger partial charge in [0.05, 0.1) is 4.47 Å². The predicted octanol–water partition coefficient (Wildman–Crippen LogP) is 2.55. The maximum atomic E-state index is 11.6. The van der Waals surface area contributed by atoms with Gasteiger partial charge in [-0.1, -0.05) is 12.1 Å². The number of nitrogens with one attached hydrogen (secondary N) is 2. The fraction of sp³-hybridized carbons (Fsp3) is 0.500. The van der Waals surface area contributed by atoms with Crippen LogP contribution in [0.2, 0.25) is 0 Å². The summed E-state index contributed by atoms with van der Waals surface area (Å²) in [5.74, 6) is 0.271. The minimum atomic E-state index is -0.195. The van der Waals surface area contributed by atoms with E-state index in [0.29, 0.717) is 24.0 Å². The second kappa shape index (κ2) is 6.91. The molecule has 0 unspecified atom stereocenters. The zero-order valence-electron chi connectivity index (χ0n) is 11.6. The standard InChI is InChI=1S/C14H21BrN2O2/c1-14(2,3)17-12(18)7-8-16-9-10-5-4-6-11(15)13(10)19/h4-6,16,19H,7-9H2,1-3H3,(H,17,18). The summed E-state index contributed by atoms with van der Waals surface area (Å²) < 4.78 is 0.678. The Balaban J connectivity index is 2.32. The van der Waals surface area contributed by atoms with Crippen LogP contribution in [0, 0.1) is 0 Å². The van der Waals surface area contributed by atoms with Crippen LogP contribution in [0.5, 0.6) is 5.75 Å². The third-order valence-electron chi connectivity index (χ3n) is 2.43. The van der Waals surface area contributed by atoms with Gasteiger partial charge in [-0.15, -0.1) is 0 Å². The highest BCUT2D eigenvalue weighted by Gasteiger charge is 2.13. The van der Waals surface area contributed by atoms with Gasteiger partial charge >= 0.3 is 0 Å². The number of rotatable bonds is 5. The first-order valence-corrected chi connectivity index (χ1v) is 7.07. The number of benzene rings is 1. The van der Waals surface area contributed by atoms with E-state index < -0.39 is 0 Å². The predicted molar refractivity (Wildman–Crippen MR) is 80.0 cm³/mol. The van der Waals surface area contributed by atoms with Gasteiger partial charge in [-0.25, -0.2) is 0 Å². The number of halogens is 1. The molecule has 0 aliphatic heterocycles. The van der Waals surface area contributed by atoms with E-state index in [4.69, 9.17) is 0 Å². The molecule has 19 heavy (non-hydrogen) atoms. The van der Waals surface area contributed by atoms with Crippen molar-refractivity contribution >= 4 is 21.8 Å². The summed E-state index contributed by atoms with van der Waals surface area (Å²) in [4.78, 5) is 11.6. The Kier molecular flexibility index (Phi) is 5.82. The Hall–Kier alpha value is -1.07. The highest BCUT2D eigenvalue weighted by molar-refractivity contribution is 9.10. The molecule has 1 rings (SSSR count). The lowest BCUT2D eigenvalue weighted by atomic mass is 10.1. The van der Waals surface area contributed by atoms with Gasteiger partial charge in [0.25, 0.3) is 0 Å². The van der Waals surface area contributed by atoms with Crippen LogP contribution in [0.1, 0.15) is 32.8 Å². The number of phenols is 1. The molecule has 5 heteroatoms. The van der Waals surface area contributed by atoms with Crippen molar-refractivity contribution < 1.29 is 9.90 Å². The van der Waals surface area contributed by atoms with Gasteiger partial charge in [-0.05, 0) is 42.8 Å². The summed E-state index contributed by atoms with van der Waals surface area (Å²) >= 11 is 3.27. The Morgan fingerprint density at radius 1 is 1.37 bits per heavy atom. The van der Waals surface area contributed by atoms with E-state index >= 15 is 0 Å². The van der Waals surface area contributed by atoms with Crippen molar-refractivity contribution in [2.45, 2.75) is 39.3 Å². The van der Waals surface area contributed by atoms with Crippen molar-refractivity contribution in [3.8, 4) is 5.75 Å². The quantitative estimate of drug-likeness (QED) is 0.728. The number of carbonyl (C=O) groups excluding carboxylic acids is 1. The molecule has 1 amide bonds. The number of amides is 1. The molecule has 0 saturated heterocycles. The van der Waals surface area contributed by atoms with E-state index in [0.717, 1.165) is 5.56 Å². The van der Waals surface area contributed by atoms with Crippen LogP contribution >= 0.6 is 15.9 Å². The normalized spacial score (nSPS) is 11.4. The van der Waals surface area contributed by atoms with E-state index in [1.165, 1.54) is 0 Å². The van der Waals surface area contributed by atoms with Crippen LogP contribution in [0.15, 0.2) is 22.7 Å². The molecular weight excluding hydrogens is 308 g/mol. The fourth-order valence-electron chi connectivity index (χ4n) is 1.61. The maximum absolute atomic E-state index is 11.6. The lowest BCUT2D eigenvalue weighted by Crippen LogP contribution is -2.41. The second-order valence-corrected chi connectivity index (χ2v) is 6.33. The third kappa shape index (κ3) is 6.07. The van der Waals surface area contributed by atoms with Gasteiger partial charge in [0.2, 0.25) is 5.91 Å². The van der Waals surface area contributed by atoms with E-state index in [-0.39, 0.29) is 17.2 Å². The van der Waals surface area contributed by atoms with Gasteiger partial charge < -0.3 is 15.7 Å². The largest absolute Gasteiger partial charge is 0.506 e. The molecule has 0 fully saturated rings. The summed E-state index contributed by atoms with van der Waals surface area (Å²) in [5.41, 5.74) is 0.616. The summed E-state index contributed by atoms with van der Waals surface area (Å²) in [5, 5.41) is 15.8. The monoisotopic (exact) mass is 328 g/mol. The Morgan fingerprint density at radius 2 is 2.05 bits per heavy atom. The number of para-hydroxylation sites is 1. The van der Waals surface area contributed by atoms with Crippen LogP contribution in [-0.2, 0) is 11.3 Å². The SMILES string of the molecule is CC(C)(C)NC(=O)CCNCc1cccc(Br)c1O. The third-order valence-corrected chi connectivity index (χ3v) is 3.07. The molecule has 4 nitrogen and oxygen atoms in total. The van der Waals surface area contributed by atoms with E-state index in [1.54, 1.807) is 6.07 Å². The highest BCUT2D eigenvalue weighted by atomic mass is 79.9. The molecule has 0 saturated carbocycles. The number of aromatic hydroxyl groups is 1. The topological polar surface area (TPSA) is 61.4 Å². The van der Waals surface area contributed by atoms with Gasteiger partial charge in [0, 0.05) is 30.6 Å². The minimum Gasteiger partial charge on any atom is -0.506 e. The zero-order chi connectivity index (χ0) is 14.5. The lowest BCUT2D eigenvalue weighted by molar-refractivity contribution is -0.122. The van der Waals surface area contributed by atoms with Crippen molar-refractivity contribution in [3.63, 3.8) is 0 Å². The highest BCUT2D eigenvalue weighted by Crippen LogP contribution is 2.27. The molecule has 1 aromatic rings. The summed E-state index contributed by atoms with van der Waals surface area (Å²) in [7, 11) is 0. The summed E-state index contributed by atoms with van der Waals surface area (Å²) in [6.07, 6.45) is 0.423. The molecule has 0 heterocycles. The second-order valence-electron chi connectivity index (χ2n) is 5.47. The average molecular weight is 329 g/mol. The van der Waals surface area contributed by atoms with Gasteiger partial charge in [-0.2, -0.15) is 0 Å². The molecule has 0 atom stereocenters. The summed E-state index contributed by atoms with van der Waals surface area (Å²) in [6.45, 7) is 6.98. The Morgan fingerprint density at radius 3 is 2.68 bits per heavy atom. The first-order valence-electron chi connectivity index (χ1n) is 6.27. The van der Waals surface area contributed by atoms with E-state index in [1.807, 2.05) is 32.9 Å². The molecule has 0 aromatic heterocycles. The van der Waals surface area contributed by atoms with Gasteiger partial charge in [0.15, 0.2) is 0 Å². The molecule has 0 aliphatic rings. The van der Waals surface area contributed by atoms with Crippen molar-refractivity contribution in [2.24, 2.45) is 0 Å². The van der Waals surface area contributed by atoms with E-state index in [2.05, 4.69) is 26.6 Å². The van der Waals surface area contributed by atoms with Crippen LogP contribution in [0.4, 0.5) is 0 Å². The van der Waals surface area contributed by atoms with E-state index in [9.17, 15) is 9.90 Å². The Labute approximate surface area is 122 Å². The molecule has 106 valence electrons. The number of carbonyl (C=O) groups is 1. The number of hydrogen-bond donors (Lipinski definition) is 3. The smallest absolute Gasteiger partial charge is 0.221 e. The molecule has 0 radical (unpaired) electrons. The maximum Gasteiger partial charge on any atom is 0.221 e. The minimum absolute atomic E-state index is 0.0264. The molecule has 0 bridgehead atoms. The molecular formula is C14H21BrN2O2. The van der Waals surface area contributed by atoms with Gasteiger partial charge in [-0.3, -0.25) is 4.79 Å². The van der Waals surface area contributed by atoms with Crippen LogP contribution < -0.4 is 10.6 Å². The van der Waals surface area contributed by atoms with Crippen LogP contribution in [0.3, 0.4) is 0 Å². The van der Waals surface area contributed by atoms with Crippen molar-refractivity contribution in [3.05, 3.63) is 28.2 Å². The zero-order valence-corrected chi connectivity index (χ0v) is 13.2. The number of hydrogen-bond acceptors (Lipinski definition) is 3. The van der Waals surface area contributed by atoms with Crippen molar-refractivity contribution in [2.75, 3.05) is 6.54 Å². The van der Waals surface area contributed by atoms with Crippen LogP contribution in [-0.4, -0.2) is 23.1 Å². The first kappa shape index (κ1) is 16.0. The lowest BCUT2D eigenvalue weighted by Gasteiger charge is -2.20. The van der Waals surface area contributed by atoms with Crippen molar-refractivity contribution in [1.82, 2.24) is 10.6 Å². The van der Waals surface area contributed by atoms with Gasteiger partial charge in [0.1, 0.15) is 5.75 Å². The fourth-order valence-corrected chi connectivity index (χ4v) is 2.02. The molecule has 0 spiro atoms.